The lowest BCUT2D eigenvalue weighted by Gasteiger charge is -2.33. The number of rotatable bonds is 5. The van der Waals surface area contributed by atoms with Gasteiger partial charge in [0.05, 0.1) is 17.8 Å². The Morgan fingerprint density at radius 2 is 1.90 bits per heavy atom. The second kappa shape index (κ2) is 8.83. The van der Waals surface area contributed by atoms with Crippen molar-refractivity contribution in [2.75, 3.05) is 54.9 Å². The SMILES string of the molecule is CCc1ccccc1N1C[C@@H](C(=O)Nc2ccc(N3CCN(C)CC3)nc2)CC1=O. The Morgan fingerprint density at radius 1 is 1.13 bits per heavy atom. The summed E-state index contributed by atoms with van der Waals surface area (Å²) in [6.07, 6.45) is 2.78. The molecule has 0 radical (unpaired) electrons. The van der Waals surface area contributed by atoms with Gasteiger partial charge >= 0.3 is 0 Å². The van der Waals surface area contributed by atoms with Gasteiger partial charge in [-0.25, -0.2) is 4.98 Å². The number of carbonyl (C=O) groups excluding carboxylic acids is 2. The topological polar surface area (TPSA) is 68.8 Å². The number of anilines is 3. The van der Waals surface area contributed by atoms with Crippen molar-refractivity contribution < 1.29 is 9.59 Å². The van der Waals surface area contributed by atoms with E-state index < -0.39 is 0 Å². The summed E-state index contributed by atoms with van der Waals surface area (Å²) in [5.41, 5.74) is 2.70. The molecule has 2 amide bonds. The van der Waals surface area contributed by atoms with Crippen molar-refractivity contribution in [3.05, 3.63) is 48.2 Å². The average Bonchev–Trinajstić information content (AvgIpc) is 3.16. The number of aryl methyl sites for hydroxylation is 1. The Kier molecular flexibility index (Phi) is 5.99. The van der Waals surface area contributed by atoms with Crippen LogP contribution < -0.4 is 15.1 Å². The van der Waals surface area contributed by atoms with Crippen molar-refractivity contribution in [3.8, 4) is 0 Å². The first kappa shape index (κ1) is 20.3. The maximum atomic E-state index is 12.8. The number of para-hydroxylation sites is 1. The number of nitrogens with one attached hydrogen (secondary N) is 1. The van der Waals surface area contributed by atoms with Gasteiger partial charge in [-0.15, -0.1) is 0 Å². The minimum absolute atomic E-state index is 0.000380. The zero-order valence-corrected chi connectivity index (χ0v) is 17.7. The lowest BCUT2D eigenvalue weighted by atomic mass is 10.1. The number of nitrogens with zero attached hydrogens (tertiary/aromatic N) is 4. The van der Waals surface area contributed by atoms with E-state index in [1.807, 2.05) is 36.4 Å². The second-order valence-electron chi connectivity index (χ2n) is 8.07. The molecular weight excluding hydrogens is 378 g/mol. The van der Waals surface area contributed by atoms with Gasteiger partial charge in [0, 0.05) is 44.8 Å². The van der Waals surface area contributed by atoms with Crippen LogP contribution in [-0.2, 0) is 16.0 Å². The van der Waals surface area contributed by atoms with Gasteiger partial charge in [-0.05, 0) is 37.2 Å². The third kappa shape index (κ3) is 4.31. The summed E-state index contributed by atoms with van der Waals surface area (Å²) >= 11 is 0. The first-order chi connectivity index (χ1) is 14.5. The summed E-state index contributed by atoms with van der Waals surface area (Å²) in [6.45, 7) is 6.43. The van der Waals surface area contributed by atoms with Gasteiger partial charge in [0.1, 0.15) is 5.82 Å². The van der Waals surface area contributed by atoms with Crippen molar-refractivity contribution in [1.82, 2.24) is 9.88 Å². The average molecular weight is 408 g/mol. The molecule has 30 heavy (non-hydrogen) atoms. The predicted octanol–water partition coefficient (Wildman–Crippen LogP) is 2.39. The molecule has 2 aromatic rings. The molecule has 1 aromatic heterocycles. The fraction of sp³-hybridized carbons (Fsp3) is 0.435. The maximum Gasteiger partial charge on any atom is 0.229 e. The molecule has 0 saturated carbocycles. The van der Waals surface area contributed by atoms with Crippen LogP contribution in [0.3, 0.4) is 0 Å². The summed E-state index contributed by atoms with van der Waals surface area (Å²) < 4.78 is 0. The molecule has 7 heteroatoms. The fourth-order valence-electron chi connectivity index (χ4n) is 4.12. The summed E-state index contributed by atoms with van der Waals surface area (Å²) in [7, 11) is 2.12. The van der Waals surface area contributed by atoms with Crippen LogP contribution in [0.2, 0.25) is 0 Å². The van der Waals surface area contributed by atoms with E-state index in [9.17, 15) is 9.59 Å². The number of hydrogen-bond acceptors (Lipinski definition) is 5. The largest absolute Gasteiger partial charge is 0.354 e. The van der Waals surface area contributed by atoms with E-state index in [1.165, 1.54) is 0 Å². The van der Waals surface area contributed by atoms with Crippen molar-refractivity contribution in [3.63, 3.8) is 0 Å². The molecule has 2 saturated heterocycles. The highest BCUT2D eigenvalue weighted by molar-refractivity contribution is 6.03. The number of benzene rings is 1. The molecule has 1 atom stereocenters. The lowest BCUT2D eigenvalue weighted by molar-refractivity contribution is -0.122. The summed E-state index contributed by atoms with van der Waals surface area (Å²) in [5.74, 6) is 0.438. The van der Waals surface area contributed by atoms with Crippen LogP contribution >= 0.6 is 0 Å². The van der Waals surface area contributed by atoms with E-state index >= 15 is 0 Å². The summed E-state index contributed by atoms with van der Waals surface area (Å²) in [6, 6.07) is 11.7. The van der Waals surface area contributed by atoms with Crippen LogP contribution in [0.1, 0.15) is 18.9 Å². The molecule has 0 spiro atoms. The van der Waals surface area contributed by atoms with Gasteiger partial charge in [0.15, 0.2) is 0 Å². The number of amides is 2. The fourth-order valence-corrected chi connectivity index (χ4v) is 4.12. The predicted molar refractivity (Wildman–Crippen MR) is 119 cm³/mol. The normalized spacial score (nSPS) is 19.9. The molecular formula is C23H29N5O2. The van der Waals surface area contributed by atoms with Crippen molar-refractivity contribution in [1.29, 1.82) is 0 Å². The van der Waals surface area contributed by atoms with E-state index in [0.717, 1.165) is 49.7 Å². The molecule has 1 aromatic carbocycles. The van der Waals surface area contributed by atoms with Crippen LogP contribution in [0.15, 0.2) is 42.6 Å². The van der Waals surface area contributed by atoms with Gasteiger partial charge < -0.3 is 20.0 Å². The van der Waals surface area contributed by atoms with Crippen molar-refractivity contribution >= 4 is 29.0 Å². The number of likely N-dealkylation sites (N-methyl/N-ethyl adjacent to an activating group) is 1. The molecule has 7 nitrogen and oxygen atoms in total. The highest BCUT2D eigenvalue weighted by atomic mass is 16.2. The molecule has 0 unspecified atom stereocenters. The molecule has 1 N–H and O–H groups in total. The smallest absolute Gasteiger partial charge is 0.229 e. The Labute approximate surface area is 177 Å². The number of hydrogen-bond donors (Lipinski definition) is 1. The molecule has 0 bridgehead atoms. The van der Waals surface area contributed by atoms with E-state index in [-0.39, 0.29) is 24.2 Å². The van der Waals surface area contributed by atoms with Crippen LogP contribution in [-0.4, -0.2) is 61.5 Å². The minimum atomic E-state index is -0.361. The number of piperazine rings is 1. The second-order valence-corrected chi connectivity index (χ2v) is 8.07. The molecule has 2 aliphatic heterocycles. The van der Waals surface area contributed by atoms with Gasteiger partial charge in [-0.1, -0.05) is 25.1 Å². The van der Waals surface area contributed by atoms with Crippen LogP contribution in [0.4, 0.5) is 17.2 Å². The quantitative estimate of drug-likeness (QED) is 0.824. The monoisotopic (exact) mass is 407 g/mol. The number of carbonyl (C=O) groups is 2. The van der Waals surface area contributed by atoms with E-state index in [0.29, 0.717) is 12.2 Å². The first-order valence-electron chi connectivity index (χ1n) is 10.6. The molecule has 2 fully saturated rings. The van der Waals surface area contributed by atoms with Gasteiger partial charge in [0.25, 0.3) is 0 Å². The van der Waals surface area contributed by atoms with Gasteiger partial charge in [-0.3, -0.25) is 9.59 Å². The standard InChI is InChI=1S/C23H29N5O2/c1-3-17-6-4-5-7-20(17)28-16-18(14-22(28)29)23(30)25-19-8-9-21(24-15-19)27-12-10-26(2)11-13-27/h4-9,15,18H,3,10-14,16H2,1-2H3,(H,25,30)/t18-/m0/s1. The van der Waals surface area contributed by atoms with Crippen LogP contribution in [0.5, 0.6) is 0 Å². The zero-order chi connectivity index (χ0) is 21.1. The minimum Gasteiger partial charge on any atom is -0.354 e. The highest BCUT2D eigenvalue weighted by Crippen LogP contribution is 2.29. The lowest BCUT2D eigenvalue weighted by Crippen LogP contribution is -2.44. The zero-order valence-electron chi connectivity index (χ0n) is 17.7. The number of pyridine rings is 1. The molecule has 4 rings (SSSR count). The third-order valence-electron chi connectivity index (χ3n) is 6.00. The van der Waals surface area contributed by atoms with Gasteiger partial charge in [0.2, 0.25) is 11.8 Å². The van der Waals surface area contributed by atoms with E-state index in [1.54, 1.807) is 11.1 Å². The Hall–Kier alpha value is -2.93. The molecule has 158 valence electrons. The van der Waals surface area contributed by atoms with E-state index in [2.05, 4.69) is 34.1 Å². The molecule has 0 aliphatic carbocycles. The van der Waals surface area contributed by atoms with Crippen molar-refractivity contribution in [2.45, 2.75) is 19.8 Å². The van der Waals surface area contributed by atoms with E-state index in [4.69, 9.17) is 0 Å². The van der Waals surface area contributed by atoms with Gasteiger partial charge in [-0.2, -0.15) is 0 Å². The van der Waals surface area contributed by atoms with Crippen LogP contribution in [0.25, 0.3) is 0 Å². The van der Waals surface area contributed by atoms with Crippen LogP contribution in [0, 0.1) is 5.92 Å². The molecule has 3 heterocycles. The Balaban J connectivity index is 1.38. The first-order valence-corrected chi connectivity index (χ1v) is 10.6. The highest BCUT2D eigenvalue weighted by Gasteiger charge is 2.35. The molecule has 2 aliphatic rings. The number of aromatic nitrogens is 1. The third-order valence-corrected chi connectivity index (χ3v) is 6.00. The summed E-state index contributed by atoms with van der Waals surface area (Å²) in [5, 5.41) is 2.94. The Morgan fingerprint density at radius 3 is 2.60 bits per heavy atom. The summed E-state index contributed by atoms with van der Waals surface area (Å²) in [4.78, 5) is 36.2. The maximum absolute atomic E-state index is 12.8. The van der Waals surface area contributed by atoms with Crippen molar-refractivity contribution in [2.24, 2.45) is 5.92 Å². The Bertz CT molecular complexity index is 906.